The normalized spacial score (nSPS) is 11.9. The minimum Gasteiger partial charge on any atom is -0.479 e. The van der Waals surface area contributed by atoms with Crippen LogP contribution in [-0.2, 0) is 9.53 Å². The third-order valence-electron chi connectivity index (χ3n) is 4.55. The van der Waals surface area contributed by atoms with E-state index in [-0.39, 0.29) is 17.8 Å². The summed E-state index contributed by atoms with van der Waals surface area (Å²) in [6, 6.07) is 8.28. The van der Waals surface area contributed by atoms with Crippen LogP contribution in [-0.4, -0.2) is 18.7 Å². The van der Waals surface area contributed by atoms with Gasteiger partial charge in [-0.25, -0.2) is 4.79 Å². The van der Waals surface area contributed by atoms with Crippen LogP contribution in [0, 0.1) is 13.8 Å². The molecule has 0 aliphatic rings. The molecular weight excluding hydrogens is 408 g/mol. The summed E-state index contributed by atoms with van der Waals surface area (Å²) in [4.78, 5) is 24.8. The van der Waals surface area contributed by atoms with Gasteiger partial charge in [0, 0.05) is 11.1 Å². The maximum absolute atomic E-state index is 12.8. The Balaban J connectivity index is 1.88. The minimum atomic E-state index is -0.729. The van der Waals surface area contributed by atoms with Crippen molar-refractivity contribution < 1.29 is 23.4 Å². The van der Waals surface area contributed by atoms with Crippen molar-refractivity contribution in [1.29, 1.82) is 0 Å². The smallest absolute Gasteiger partial charge is 0.347 e. The highest BCUT2D eigenvalue weighted by molar-refractivity contribution is 6.32. The van der Waals surface area contributed by atoms with Gasteiger partial charge in [-0.15, -0.1) is 0 Å². The van der Waals surface area contributed by atoms with Crippen molar-refractivity contribution in [3.63, 3.8) is 0 Å². The standard InChI is InChI=1S/C23H23ClO6/c1-5-18(23(26)27-6-2)29-15-7-8-17-19(11-15)28-12-20(22(17)25)30-16-9-13(3)21(24)14(4)10-16/h7-12,18H,5-6H2,1-4H3/t18-/m1/s1. The molecule has 0 amide bonds. The number of esters is 1. The van der Waals surface area contributed by atoms with Crippen LogP contribution >= 0.6 is 11.6 Å². The molecule has 0 unspecified atom stereocenters. The molecular formula is C23H23ClO6. The van der Waals surface area contributed by atoms with Crippen LogP contribution in [0.5, 0.6) is 17.2 Å². The fraction of sp³-hybridized carbons (Fsp3) is 0.304. The van der Waals surface area contributed by atoms with Crippen molar-refractivity contribution in [2.75, 3.05) is 6.61 Å². The third-order valence-corrected chi connectivity index (χ3v) is 5.15. The first-order valence-corrected chi connectivity index (χ1v) is 10.0. The number of fused-ring (bicyclic) bond motifs is 1. The van der Waals surface area contributed by atoms with E-state index in [1.165, 1.54) is 6.26 Å². The van der Waals surface area contributed by atoms with Gasteiger partial charge in [-0.3, -0.25) is 4.79 Å². The number of carbonyl (C=O) groups is 1. The van der Waals surface area contributed by atoms with Crippen LogP contribution in [0.15, 0.2) is 45.8 Å². The van der Waals surface area contributed by atoms with Gasteiger partial charge in [0.2, 0.25) is 11.2 Å². The molecule has 3 rings (SSSR count). The van der Waals surface area contributed by atoms with Crippen LogP contribution in [0.3, 0.4) is 0 Å². The van der Waals surface area contributed by atoms with Crippen LogP contribution in [0.4, 0.5) is 0 Å². The Bertz CT molecular complexity index is 1110. The topological polar surface area (TPSA) is 75.0 Å². The van der Waals surface area contributed by atoms with Gasteiger partial charge >= 0.3 is 5.97 Å². The predicted molar refractivity (Wildman–Crippen MR) is 115 cm³/mol. The molecule has 1 aromatic heterocycles. The lowest BCUT2D eigenvalue weighted by atomic mass is 10.1. The zero-order chi connectivity index (χ0) is 21.8. The summed E-state index contributed by atoms with van der Waals surface area (Å²) in [5.74, 6) is 0.540. The van der Waals surface area contributed by atoms with Crippen LogP contribution < -0.4 is 14.9 Å². The summed E-state index contributed by atoms with van der Waals surface area (Å²) in [5, 5.41) is 1.00. The first-order valence-electron chi connectivity index (χ1n) is 9.67. The average molecular weight is 431 g/mol. The lowest BCUT2D eigenvalue weighted by Crippen LogP contribution is -2.28. The van der Waals surface area contributed by atoms with Gasteiger partial charge in [0.15, 0.2) is 6.10 Å². The largest absolute Gasteiger partial charge is 0.479 e. The molecule has 1 atom stereocenters. The fourth-order valence-electron chi connectivity index (χ4n) is 3.02. The predicted octanol–water partition coefficient (Wildman–Crippen LogP) is 5.58. The summed E-state index contributed by atoms with van der Waals surface area (Å²) in [6.45, 7) is 7.58. The van der Waals surface area contributed by atoms with E-state index in [0.717, 1.165) is 11.1 Å². The molecule has 0 fully saturated rings. The second-order valence-corrected chi connectivity index (χ2v) is 7.20. The van der Waals surface area contributed by atoms with E-state index in [4.69, 9.17) is 30.2 Å². The second-order valence-electron chi connectivity index (χ2n) is 6.83. The Morgan fingerprint density at radius 2 is 1.80 bits per heavy atom. The molecule has 0 radical (unpaired) electrons. The molecule has 0 saturated heterocycles. The van der Waals surface area contributed by atoms with E-state index in [1.807, 2.05) is 20.8 Å². The minimum absolute atomic E-state index is 0.0650. The fourth-order valence-corrected chi connectivity index (χ4v) is 3.13. The van der Waals surface area contributed by atoms with Crippen molar-refractivity contribution >= 4 is 28.5 Å². The molecule has 3 aromatic rings. The molecule has 0 aliphatic heterocycles. The quantitative estimate of drug-likeness (QED) is 0.456. The van der Waals surface area contributed by atoms with E-state index in [9.17, 15) is 9.59 Å². The first kappa shape index (κ1) is 21.7. The van der Waals surface area contributed by atoms with E-state index in [0.29, 0.717) is 33.9 Å². The second kappa shape index (κ2) is 9.22. The number of carbonyl (C=O) groups excluding carboxylic acids is 1. The summed E-state index contributed by atoms with van der Waals surface area (Å²) in [7, 11) is 0. The Hall–Kier alpha value is -2.99. The van der Waals surface area contributed by atoms with Crippen molar-refractivity contribution in [3.8, 4) is 17.2 Å². The maximum atomic E-state index is 12.8. The number of benzene rings is 2. The molecule has 0 bridgehead atoms. The third kappa shape index (κ3) is 4.60. The number of ether oxygens (including phenoxy) is 3. The molecule has 0 saturated carbocycles. The van der Waals surface area contributed by atoms with Crippen LogP contribution in [0.2, 0.25) is 5.02 Å². The maximum Gasteiger partial charge on any atom is 0.347 e. The number of rotatable bonds is 7. The Morgan fingerprint density at radius 3 is 2.43 bits per heavy atom. The Morgan fingerprint density at radius 1 is 1.10 bits per heavy atom. The van der Waals surface area contributed by atoms with E-state index >= 15 is 0 Å². The van der Waals surface area contributed by atoms with Gasteiger partial charge in [-0.05, 0) is 62.6 Å². The molecule has 0 N–H and O–H groups in total. The highest BCUT2D eigenvalue weighted by Crippen LogP contribution is 2.29. The summed E-state index contributed by atoms with van der Waals surface area (Å²) in [6.07, 6.45) is 0.984. The van der Waals surface area contributed by atoms with Crippen LogP contribution in [0.1, 0.15) is 31.4 Å². The Labute approximate surface area is 179 Å². The molecule has 6 nitrogen and oxygen atoms in total. The van der Waals surface area contributed by atoms with Crippen molar-refractivity contribution in [3.05, 3.63) is 63.0 Å². The molecule has 0 spiro atoms. The van der Waals surface area contributed by atoms with Crippen LogP contribution in [0.25, 0.3) is 11.0 Å². The molecule has 158 valence electrons. The number of halogens is 1. The molecule has 0 aliphatic carbocycles. The van der Waals surface area contributed by atoms with Crippen molar-refractivity contribution in [2.24, 2.45) is 0 Å². The van der Waals surface area contributed by atoms with E-state index in [2.05, 4.69) is 0 Å². The van der Waals surface area contributed by atoms with Crippen molar-refractivity contribution in [1.82, 2.24) is 0 Å². The number of hydrogen-bond acceptors (Lipinski definition) is 6. The number of hydrogen-bond donors (Lipinski definition) is 0. The zero-order valence-corrected chi connectivity index (χ0v) is 18.0. The molecule has 7 heteroatoms. The van der Waals surface area contributed by atoms with Gasteiger partial charge < -0.3 is 18.6 Å². The lowest BCUT2D eigenvalue weighted by molar-refractivity contribution is -0.151. The van der Waals surface area contributed by atoms with E-state index in [1.54, 1.807) is 37.3 Å². The van der Waals surface area contributed by atoms with Gasteiger partial charge in [0.05, 0.1) is 12.0 Å². The zero-order valence-electron chi connectivity index (χ0n) is 17.3. The van der Waals surface area contributed by atoms with Crippen molar-refractivity contribution in [2.45, 2.75) is 40.2 Å². The molecule has 2 aromatic carbocycles. The summed E-state index contributed by atoms with van der Waals surface area (Å²) < 4.78 is 22.1. The van der Waals surface area contributed by atoms with Gasteiger partial charge in [-0.2, -0.15) is 0 Å². The van der Waals surface area contributed by atoms with Gasteiger partial charge in [0.1, 0.15) is 23.3 Å². The SMILES string of the molecule is CCOC(=O)[C@@H](CC)Oc1ccc2c(=O)c(Oc3cc(C)c(Cl)c(C)c3)coc2c1. The summed E-state index contributed by atoms with van der Waals surface area (Å²) >= 11 is 6.18. The Kier molecular flexibility index (Phi) is 6.67. The highest BCUT2D eigenvalue weighted by Gasteiger charge is 2.20. The van der Waals surface area contributed by atoms with Gasteiger partial charge in [-0.1, -0.05) is 18.5 Å². The lowest BCUT2D eigenvalue weighted by Gasteiger charge is -2.16. The van der Waals surface area contributed by atoms with E-state index < -0.39 is 12.1 Å². The number of aryl methyl sites for hydroxylation is 2. The highest BCUT2D eigenvalue weighted by atomic mass is 35.5. The first-order chi connectivity index (χ1) is 14.3. The van der Waals surface area contributed by atoms with Gasteiger partial charge in [0.25, 0.3) is 0 Å². The molecule has 30 heavy (non-hydrogen) atoms. The monoisotopic (exact) mass is 430 g/mol. The summed E-state index contributed by atoms with van der Waals surface area (Å²) in [5.41, 5.74) is 1.72. The molecule has 1 heterocycles. The average Bonchev–Trinajstić information content (AvgIpc) is 2.72.